The van der Waals surface area contributed by atoms with E-state index in [2.05, 4.69) is 17.4 Å². The lowest BCUT2D eigenvalue weighted by Gasteiger charge is -2.20. The largest absolute Gasteiger partial charge is 0.326 e. The summed E-state index contributed by atoms with van der Waals surface area (Å²) in [5, 5.41) is 2.93. The van der Waals surface area contributed by atoms with E-state index in [1.165, 1.54) is 30.4 Å². The summed E-state index contributed by atoms with van der Waals surface area (Å²) in [4.78, 5) is 11.4. The number of anilines is 1. The van der Waals surface area contributed by atoms with Crippen molar-refractivity contribution in [2.24, 2.45) is 23.5 Å². The van der Waals surface area contributed by atoms with Crippen LogP contribution in [-0.2, 0) is 11.2 Å². The Labute approximate surface area is 113 Å². The Morgan fingerprint density at radius 1 is 1.21 bits per heavy atom. The van der Waals surface area contributed by atoms with Crippen LogP contribution in [-0.4, -0.2) is 5.91 Å². The molecule has 0 spiro atoms. The minimum absolute atomic E-state index is 0.126. The molecule has 3 unspecified atom stereocenters. The van der Waals surface area contributed by atoms with Gasteiger partial charge in [0.15, 0.2) is 0 Å². The highest BCUT2D eigenvalue weighted by Crippen LogP contribution is 2.61. The third-order valence-electron chi connectivity index (χ3n) is 5.30. The maximum atomic E-state index is 11.4. The lowest BCUT2D eigenvalue weighted by Crippen LogP contribution is -2.20. The Morgan fingerprint density at radius 3 is 2.79 bits per heavy atom. The smallest absolute Gasteiger partial charge is 0.224 e. The number of carbonyl (C=O) groups is 1. The zero-order valence-electron chi connectivity index (χ0n) is 11.1. The van der Waals surface area contributed by atoms with E-state index in [0.717, 1.165) is 23.9 Å². The molecule has 1 aromatic carbocycles. The number of nitrogens with two attached hydrogens (primary N) is 1. The number of hydrogen-bond acceptors (Lipinski definition) is 2. The SMILES string of the molecule is NC(c1ccc2c(c1)CCC(=O)N2)C1C2CCCC21. The predicted molar refractivity (Wildman–Crippen MR) is 74.6 cm³/mol. The van der Waals surface area contributed by atoms with Crippen molar-refractivity contribution >= 4 is 11.6 Å². The molecule has 0 bridgehead atoms. The summed E-state index contributed by atoms with van der Waals surface area (Å²) in [6.07, 6.45) is 5.60. The fourth-order valence-corrected chi connectivity index (χ4v) is 4.24. The fourth-order valence-electron chi connectivity index (χ4n) is 4.24. The van der Waals surface area contributed by atoms with Crippen molar-refractivity contribution in [3.63, 3.8) is 0 Å². The van der Waals surface area contributed by atoms with Gasteiger partial charge in [-0.1, -0.05) is 18.6 Å². The number of fused-ring (bicyclic) bond motifs is 2. The van der Waals surface area contributed by atoms with E-state index in [1.54, 1.807) is 0 Å². The van der Waals surface area contributed by atoms with Crippen LogP contribution in [0.3, 0.4) is 0 Å². The average molecular weight is 256 g/mol. The topological polar surface area (TPSA) is 55.1 Å². The van der Waals surface area contributed by atoms with Gasteiger partial charge in [0.25, 0.3) is 0 Å². The highest BCUT2D eigenvalue weighted by molar-refractivity contribution is 5.93. The van der Waals surface area contributed by atoms with E-state index in [4.69, 9.17) is 5.73 Å². The van der Waals surface area contributed by atoms with E-state index in [1.807, 2.05) is 6.07 Å². The number of amides is 1. The molecule has 3 N–H and O–H groups in total. The fraction of sp³-hybridized carbons (Fsp3) is 0.562. The van der Waals surface area contributed by atoms with Crippen molar-refractivity contribution in [1.82, 2.24) is 0 Å². The van der Waals surface area contributed by atoms with Gasteiger partial charge in [-0.2, -0.15) is 0 Å². The predicted octanol–water partition coefficient (Wildman–Crippen LogP) is 2.62. The molecule has 0 radical (unpaired) electrons. The van der Waals surface area contributed by atoms with Crippen LogP contribution < -0.4 is 11.1 Å². The van der Waals surface area contributed by atoms with Crippen LogP contribution in [0.4, 0.5) is 5.69 Å². The van der Waals surface area contributed by atoms with E-state index >= 15 is 0 Å². The molecule has 19 heavy (non-hydrogen) atoms. The second-order valence-corrected chi connectivity index (χ2v) is 6.33. The summed E-state index contributed by atoms with van der Waals surface area (Å²) < 4.78 is 0. The van der Waals surface area contributed by atoms with E-state index in [9.17, 15) is 4.79 Å². The summed E-state index contributed by atoms with van der Waals surface area (Å²) in [7, 11) is 0. The first-order valence-electron chi connectivity index (χ1n) is 7.42. The molecule has 2 saturated carbocycles. The zero-order valence-corrected chi connectivity index (χ0v) is 11.1. The molecule has 3 heteroatoms. The van der Waals surface area contributed by atoms with Gasteiger partial charge < -0.3 is 11.1 Å². The minimum Gasteiger partial charge on any atom is -0.326 e. The number of hydrogen-bond donors (Lipinski definition) is 2. The van der Waals surface area contributed by atoms with Crippen molar-refractivity contribution in [2.45, 2.75) is 38.1 Å². The Morgan fingerprint density at radius 2 is 2.00 bits per heavy atom. The molecule has 0 saturated heterocycles. The Hall–Kier alpha value is -1.35. The summed E-state index contributed by atoms with van der Waals surface area (Å²) in [6, 6.07) is 6.54. The van der Waals surface area contributed by atoms with Crippen molar-refractivity contribution in [2.75, 3.05) is 5.32 Å². The van der Waals surface area contributed by atoms with Crippen molar-refractivity contribution in [1.29, 1.82) is 0 Å². The third-order valence-corrected chi connectivity index (χ3v) is 5.30. The van der Waals surface area contributed by atoms with Gasteiger partial charge in [-0.05, 0) is 54.2 Å². The molecule has 2 aliphatic carbocycles. The van der Waals surface area contributed by atoms with Gasteiger partial charge in [-0.15, -0.1) is 0 Å². The van der Waals surface area contributed by atoms with Crippen molar-refractivity contribution in [3.05, 3.63) is 29.3 Å². The summed E-state index contributed by atoms with van der Waals surface area (Å²) in [6.45, 7) is 0. The highest BCUT2D eigenvalue weighted by Gasteiger charge is 2.55. The second-order valence-electron chi connectivity index (χ2n) is 6.33. The third kappa shape index (κ3) is 1.79. The van der Waals surface area contributed by atoms with E-state index < -0.39 is 0 Å². The first-order chi connectivity index (χ1) is 9.24. The van der Waals surface area contributed by atoms with Crippen LogP contribution >= 0.6 is 0 Å². The van der Waals surface area contributed by atoms with Gasteiger partial charge in [-0.25, -0.2) is 0 Å². The van der Waals surface area contributed by atoms with Gasteiger partial charge in [0, 0.05) is 18.2 Å². The Bertz CT molecular complexity index is 530. The second kappa shape index (κ2) is 4.07. The van der Waals surface area contributed by atoms with Crippen LogP contribution in [0.15, 0.2) is 18.2 Å². The summed E-state index contributed by atoms with van der Waals surface area (Å²) in [5.41, 5.74) is 9.95. The zero-order chi connectivity index (χ0) is 13.0. The van der Waals surface area contributed by atoms with Gasteiger partial charge >= 0.3 is 0 Å². The number of nitrogens with one attached hydrogen (secondary N) is 1. The molecule has 1 heterocycles. The maximum Gasteiger partial charge on any atom is 0.224 e. The summed E-state index contributed by atoms with van der Waals surface area (Å²) >= 11 is 0. The van der Waals surface area contributed by atoms with Crippen molar-refractivity contribution < 1.29 is 4.79 Å². The van der Waals surface area contributed by atoms with Gasteiger partial charge in [0.05, 0.1) is 0 Å². The molecular formula is C16H20N2O. The van der Waals surface area contributed by atoms with Gasteiger partial charge in [0.1, 0.15) is 0 Å². The molecule has 3 nitrogen and oxygen atoms in total. The molecule has 1 amide bonds. The molecule has 3 aliphatic rings. The first kappa shape index (κ1) is 11.5. The molecule has 0 aromatic heterocycles. The van der Waals surface area contributed by atoms with E-state index in [-0.39, 0.29) is 11.9 Å². The van der Waals surface area contributed by atoms with Crippen LogP contribution in [0.1, 0.15) is 42.9 Å². The molecule has 4 rings (SSSR count). The monoisotopic (exact) mass is 256 g/mol. The standard InChI is InChI=1S/C16H20N2O/c17-16(15-11-2-1-3-12(11)15)10-4-6-13-9(8-10)5-7-14(19)18-13/h4,6,8,11-12,15-16H,1-3,5,7,17H2,(H,18,19). The number of rotatable bonds is 2. The molecule has 2 fully saturated rings. The molecule has 1 aromatic rings. The molecule has 100 valence electrons. The molecule has 3 atom stereocenters. The normalized spacial score (nSPS) is 33.3. The highest BCUT2D eigenvalue weighted by atomic mass is 16.1. The van der Waals surface area contributed by atoms with Crippen LogP contribution in [0.2, 0.25) is 0 Å². The number of benzene rings is 1. The van der Waals surface area contributed by atoms with Crippen LogP contribution in [0.5, 0.6) is 0 Å². The van der Waals surface area contributed by atoms with Crippen LogP contribution in [0.25, 0.3) is 0 Å². The first-order valence-corrected chi connectivity index (χ1v) is 7.42. The van der Waals surface area contributed by atoms with Crippen molar-refractivity contribution in [3.8, 4) is 0 Å². The summed E-state index contributed by atoms with van der Waals surface area (Å²) in [5.74, 6) is 2.63. The number of carbonyl (C=O) groups excluding carboxylic acids is 1. The Kier molecular flexibility index (Phi) is 2.46. The van der Waals surface area contributed by atoms with E-state index in [0.29, 0.717) is 12.3 Å². The molecular weight excluding hydrogens is 236 g/mol. The van der Waals surface area contributed by atoms with Gasteiger partial charge in [-0.3, -0.25) is 4.79 Å². The minimum atomic E-state index is 0.126. The average Bonchev–Trinajstić information content (AvgIpc) is 2.89. The lowest BCUT2D eigenvalue weighted by molar-refractivity contribution is -0.116. The molecule has 1 aliphatic heterocycles. The number of aryl methyl sites for hydroxylation is 1. The maximum absolute atomic E-state index is 11.4. The van der Waals surface area contributed by atoms with Crippen LogP contribution in [0, 0.1) is 17.8 Å². The van der Waals surface area contributed by atoms with Gasteiger partial charge in [0.2, 0.25) is 5.91 Å². The quantitative estimate of drug-likeness (QED) is 0.854. The Balaban J connectivity index is 1.57. The lowest BCUT2D eigenvalue weighted by atomic mass is 9.93.